The third-order valence-electron chi connectivity index (χ3n) is 5.29. The molecule has 22 heavy (non-hydrogen) atoms. The minimum absolute atomic E-state index is 0.273. The fraction of sp³-hybridized carbons (Fsp3) is 0.875. The Kier molecular flexibility index (Phi) is 5.29. The number of hydrogen-bond donors (Lipinski definition) is 0. The molecule has 3 rings (SSSR count). The Bertz CT molecular complexity index is 526. The molecular weight excluding hydrogens is 298 g/mol. The predicted molar refractivity (Wildman–Crippen MR) is 89.8 cm³/mol. The van der Waals surface area contributed by atoms with Gasteiger partial charge in [-0.25, -0.2) is 0 Å². The van der Waals surface area contributed by atoms with Gasteiger partial charge in [0, 0.05) is 12.5 Å². The van der Waals surface area contributed by atoms with E-state index in [1.165, 1.54) is 57.7 Å². The van der Waals surface area contributed by atoms with Gasteiger partial charge >= 0.3 is 10.2 Å². The number of piperidine rings is 1. The average Bonchev–Trinajstić information content (AvgIpc) is 2.83. The summed E-state index contributed by atoms with van der Waals surface area (Å²) in [6.45, 7) is 3.35. The van der Waals surface area contributed by atoms with Crippen molar-refractivity contribution < 1.29 is 8.42 Å². The van der Waals surface area contributed by atoms with Crippen LogP contribution in [0.1, 0.15) is 57.8 Å². The number of likely N-dealkylation sites (tertiary alicyclic amines) is 1. The van der Waals surface area contributed by atoms with E-state index in [0.29, 0.717) is 5.71 Å². The number of nitrogens with zero attached hydrogens (tertiary/aromatic N) is 3. The lowest BCUT2D eigenvalue weighted by Crippen LogP contribution is -2.39. The maximum absolute atomic E-state index is 11.3. The van der Waals surface area contributed by atoms with Gasteiger partial charge in [0.1, 0.15) is 0 Å². The fourth-order valence-electron chi connectivity index (χ4n) is 3.98. The minimum atomic E-state index is -3.54. The average molecular weight is 325 g/mol. The second-order valence-electron chi connectivity index (χ2n) is 6.98. The molecule has 0 amide bonds. The molecule has 0 aromatic rings. The topological polar surface area (TPSA) is 62.1 Å². The van der Waals surface area contributed by atoms with E-state index >= 15 is 0 Å². The van der Waals surface area contributed by atoms with Gasteiger partial charge in [0.05, 0.1) is 11.9 Å². The van der Waals surface area contributed by atoms with E-state index in [1.807, 2.05) is 0 Å². The van der Waals surface area contributed by atoms with E-state index in [-0.39, 0.29) is 5.92 Å². The molecular formula is C16H27N3O2S. The van der Waals surface area contributed by atoms with Gasteiger partial charge in [-0.05, 0) is 44.7 Å². The summed E-state index contributed by atoms with van der Waals surface area (Å²) in [6, 6.07) is 0. The molecule has 5 nitrogen and oxygen atoms in total. The molecule has 0 N–H and O–H groups in total. The molecule has 0 atom stereocenters. The van der Waals surface area contributed by atoms with E-state index in [9.17, 15) is 8.42 Å². The van der Waals surface area contributed by atoms with Crippen molar-refractivity contribution in [3.8, 4) is 0 Å². The van der Waals surface area contributed by atoms with Crippen molar-refractivity contribution in [2.24, 2.45) is 20.6 Å². The van der Waals surface area contributed by atoms with Crippen LogP contribution in [0.3, 0.4) is 0 Å². The van der Waals surface area contributed by atoms with E-state index in [1.54, 1.807) is 0 Å². The van der Waals surface area contributed by atoms with Crippen molar-refractivity contribution >= 4 is 22.1 Å². The molecule has 0 aromatic heterocycles. The van der Waals surface area contributed by atoms with Gasteiger partial charge in [0.15, 0.2) is 0 Å². The van der Waals surface area contributed by atoms with E-state index in [0.717, 1.165) is 31.8 Å². The molecule has 2 fully saturated rings. The number of rotatable bonds is 3. The van der Waals surface area contributed by atoms with Crippen molar-refractivity contribution in [3.05, 3.63) is 0 Å². The largest absolute Gasteiger partial charge is 0.363 e. The summed E-state index contributed by atoms with van der Waals surface area (Å²) in [4.78, 5) is 2.57. The molecule has 2 aliphatic heterocycles. The van der Waals surface area contributed by atoms with Gasteiger partial charge in [-0.15, -0.1) is 8.80 Å². The highest BCUT2D eigenvalue weighted by Gasteiger charge is 2.27. The summed E-state index contributed by atoms with van der Waals surface area (Å²) in [5.41, 5.74) is 0.672. The van der Waals surface area contributed by atoms with E-state index < -0.39 is 10.2 Å². The van der Waals surface area contributed by atoms with Crippen molar-refractivity contribution in [2.45, 2.75) is 57.8 Å². The quantitative estimate of drug-likeness (QED) is 0.801. The number of hydrogen-bond acceptors (Lipinski definition) is 3. The van der Waals surface area contributed by atoms with Gasteiger partial charge in [0.2, 0.25) is 0 Å². The van der Waals surface area contributed by atoms with Gasteiger partial charge in [-0.2, -0.15) is 8.42 Å². The lowest BCUT2D eigenvalue weighted by atomic mass is 9.88. The molecule has 3 aliphatic rings. The van der Waals surface area contributed by atoms with Gasteiger partial charge in [0.25, 0.3) is 0 Å². The third kappa shape index (κ3) is 4.38. The van der Waals surface area contributed by atoms with Crippen LogP contribution in [0, 0.1) is 11.8 Å². The van der Waals surface area contributed by atoms with Crippen LogP contribution in [-0.2, 0) is 10.2 Å². The standard InChI is InChI=1S/C16H27N3O2S/c20-22(21)17-12-16(18-22)15-8-10-19(11-9-15)13-14-6-4-2-1-3-5-7-14/h12,14-15H,1-11,13H2. The summed E-state index contributed by atoms with van der Waals surface area (Å²) in [6.07, 6.45) is 13.3. The molecule has 0 spiro atoms. The maximum atomic E-state index is 11.3. The predicted octanol–water partition coefficient (Wildman–Crippen LogP) is 2.83. The van der Waals surface area contributed by atoms with Crippen LogP contribution in [0.5, 0.6) is 0 Å². The monoisotopic (exact) mass is 325 g/mol. The van der Waals surface area contributed by atoms with Crippen LogP contribution in [0.15, 0.2) is 8.80 Å². The van der Waals surface area contributed by atoms with Crippen molar-refractivity contribution in [1.82, 2.24) is 4.90 Å². The zero-order valence-electron chi connectivity index (χ0n) is 13.3. The summed E-state index contributed by atoms with van der Waals surface area (Å²) in [5, 5.41) is 0. The Balaban J connectivity index is 1.46. The highest BCUT2D eigenvalue weighted by Crippen LogP contribution is 2.26. The molecule has 124 valence electrons. The SMILES string of the molecule is O=S1(=O)N=CC(C2CCN(CC3CCCCCCC3)CC2)=N1. The first kappa shape index (κ1) is 16.1. The second kappa shape index (κ2) is 7.21. The normalized spacial score (nSPS) is 28.3. The molecule has 0 bridgehead atoms. The van der Waals surface area contributed by atoms with Crippen molar-refractivity contribution in [3.63, 3.8) is 0 Å². The molecule has 1 saturated carbocycles. The Labute approximate surface area is 134 Å². The third-order valence-corrected chi connectivity index (χ3v) is 6.10. The Morgan fingerprint density at radius 3 is 2.23 bits per heavy atom. The highest BCUT2D eigenvalue weighted by atomic mass is 32.2. The zero-order valence-corrected chi connectivity index (χ0v) is 14.1. The van der Waals surface area contributed by atoms with Gasteiger partial charge in [-0.1, -0.05) is 32.1 Å². The van der Waals surface area contributed by atoms with E-state index in [4.69, 9.17) is 0 Å². The van der Waals surface area contributed by atoms with Gasteiger partial charge < -0.3 is 4.90 Å². The van der Waals surface area contributed by atoms with Crippen LogP contribution < -0.4 is 0 Å². The molecule has 1 aliphatic carbocycles. The van der Waals surface area contributed by atoms with Crippen molar-refractivity contribution in [2.75, 3.05) is 19.6 Å². The molecule has 6 heteroatoms. The maximum Gasteiger partial charge on any atom is 0.363 e. The summed E-state index contributed by atoms with van der Waals surface area (Å²) in [5.74, 6) is 1.14. The first-order chi connectivity index (χ1) is 10.6. The van der Waals surface area contributed by atoms with Crippen LogP contribution in [0.4, 0.5) is 0 Å². The van der Waals surface area contributed by atoms with E-state index in [2.05, 4.69) is 13.7 Å². The molecule has 1 saturated heterocycles. The Morgan fingerprint density at radius 2 is 1.64 bits per heavy atom. The zero-order chi connectivity index (χ0) is 15.4. The Hall–Kier alpha value is -0.750. The lowest BCUT2D eigenvalue weighted by Gasteiger charge is -2.34. The second-order valence-corrected chi connectivity index (χ2v) is 8.27. The molecule has 0 unspecified atom stereocenters. The van der Waals surface area contributed by atoms with Gasteiger partial charge in [-0.3, -0.25) is 0 Å². The summed E-state index contributed by atoms with van der Waals surface area (Å²) in [7, 11) is -3.54. The molecule has 0 radical (unpaired) electrons. The van der Waals surface area contributed by atoms with Crippen LogP contribution in [0.25, 0.3) is 0 Å². The molecule has 0 aromatic carbocycles. The van der Waals surface area contributed by atoms with Crippen LogP contribution in [0.2, 0.25) is 0 Å². The van der Waals surface area contributed by atoms with Crippen molar-refractivity contribution in [1.29, 1.82) is 0 Å². The smallest absolute Gasteiger partial charge is 0.303 e. The minimum Gasteiger partial charge on any atom is -0.303 e. The first-order valence-corrected chi connectivity index (χ1v) is 10.1. The van der Waals surface area contributed by atoms with Crippen LogP contribution in [-0.4, -0.2) is 44.9 Å². The summed E-state index contributed by atoms with van der Waals surface area (Å²) < 4.78 is 29.8. The fourth-order valence-corrected chi connectivity index (χ4v) is 4.73. The first-order valence-electron chi connectivity index (χ1n) is 8.75. The molecule has 2 heterocycles. The van der Waals surface area contributed by atoms with Crippen LogP contribution >= 0.6 is 0 Å². The highest BCUT2D eigenvalue weighted by molar-refractivity contribution is 7.89. The lowest BCUT2D eigenvalue weighted by molar-refractivity contribution is 0.167. The summed E-state index contributed by atoms with van der Waals surface area (Å²) >= 11 is 0. The Morgan fingerprint density at radius 1 is 1.00 bits per heavy atom.